The van der Waals surface area contributed by atoms with Gasteiger partial charge in [0.25, 0.3) is 5.56 Å². The van der Waals surface area contributed by atoms with E-state index in [1.54, 1.807) is 0 Å². The van der Waals surface area contributed by atoms with E-state index in [4.69, 9.17) is 0 Å². The molecule has 1 aliphatic carbocycles. The third kappa shape index (κ3) is 3.55. The normalized spacial score (nSPS) is 15.2. The quantitative estimate of drug-likeness (QED) is 0.767. The second-order valence-corrected chi connectivity index (χ2v) is 7.81. The number of hydrogen-bond acceptors (Lipinski definition) is 4. The van der Waals surface area contributed by atoms with E-state index in [-0.39, 0.29) is 24.1 Å². The van der Waals surface area contributed by atoms with Crippen molar-refractivity contribution in [3.05, 3.63) is 53.1 Å². The van der Waals surface area contributed by atoms with Gasteiger partial charge in [0, 0.05) is 10.9 Å². The van der Waals surface area contributed by atoms with Gasteiger partial charge < -0.3 is 5.32 Å². The van der Waals surface area contributed by atoms with Crippen LogP contribution in [-0.2, 0) is 11.3 Å². The Morgan fingerprint density at radius 1 is 1.19 bits per heavy atom. The van der Waals surface area contributed by atoms with Gasteiger partial charge in [-0.05, 0) is 24.5 Å². The maximum atomic E-state index is 12.8. The van der Waals surface area contributed by atoms with Crippen LogP contribution in [0.5, 0.6) is 0 Å². The molecule has 1 aromatic carbocycles. The van der Waals surface area contributed by atoms with E-state index in [9.17, 15) is 9.59 Å². The minimum absolute atomic E-state index is 0.0226. The van der Waals surface area contributed by atoms with Gasteiger partial charge in [-0.15, -0.1) is 11.3 Å². The van der Waals surface area contributed by atoms with Gasteiger partial charge in [0.15, 0.2) is 0 Å². The number of fused-ring (bicyclic) bond motifs is 1. The zero-order valence-corrected chi connectivity index (χ0v) is 15.3. The first-order chi connectivity index (χ1) is 12.7. The van der Waals surface area contributed by atoms with E-state index >= 15 is 0 Å². The van der Waals surface area contributed by atoms with Crippen LogP contribution < -0.4 is 10.9 Å². The number of aromatic nitrogens is 2. The Hall–Kier alpha value is -2.47. The molecule has 1 saturated carbocycles. The molecule has 1 N–H and O–H groups in total. The third-order valence-corrected chi connectivity index (χ3v) is 5.95. The van der Waals surface area contributed by atoms with Gasteiger partial charge >= 0.3 is 0 Å². The minimum Gasteiger partial charge on any atom is -0.352 e. The molecule has 6 heteroatoms. The molecule has 1 aliphatic rings. The summed E-state index contributed by atoms with van der Waals surface area (Å²) in [6.45, 7) is 0.0226. The van der Waals surface area contributed by atoms with Crippen LogP contribution in [0.1, 0.15) is 32.1 Å². The van der Waals surface area contributed by atoms with E-state index in [2.05, 4.69) is 10.3 Å². The molecule has 0 unspecified atom stereocenters. The van der Waals surface area contributed by atoms with Gasteiger partial charge in [-0.1, -0.05) is 49.6 Å². The molecule has 0 aliphatic heterocycles. The molecule has 1 fully saturated rings. The second-order valence-electron chi connectivity index (χ2n) is 6.78. The summed E-state index contributed by atoms with van der Waals surface area (Å²) in [6.07, 6.45) is 7.11. The predicted molar refractivity (Wildman–Crippen MR) is 104 cm³/mol. The molecule has 0 atom stereocenters. The molecule has 4 rings (SSSR count). The van der Waals surface area contributed by atoms with Crippen LogP contribution in [0, 0.1) is 0 Å². The Morgan fingerprint density at radius 2 is 1.96 bits per heavy atom. The predicted octanol–water partition coefficient (Wildman–Crippen LogP) is 3.57. The second kappa shape index (κ2) is 7.41. The van der Waals surface area contributed by atoms with E-state index < -0.39 is 0 Å². The van der Waals surface area contributed by atoms with Crippen LogP contribution in [0.3, 0.4) is 0 Å². The van der Waals surface area contributed by atoms with Crippen LogP contribution >= 0.6 is 11.3 Å². The molecule has 0 bridgehead atoms. The Bertz CT molecular complexity index is 972. The molecule has 26 heavy (non-hydrogen) atoms. The van der Waals surface area contributed by atoms with Crippen molar-refractivity contribution in [2.75, 3.05) is 0 Å². The van der Waals surface area contributed by atoms with Gasteiger partial charge in [-0.25, -0.2) is 4.98 Å². The SMILES string of the molecule is O=C(Cn1cnc2sc(-c3ccccc3)cc2c1=O)NC1CCCCC1. The summed E-state index contributed by atoms with van der Waals surface area (Å²) < 4.78 is 1.40. The molecule has 5 nitrogen and oxygen atoms in total. The van der Waals surface area contributed by atoms with E-state index in [0.29, 0.717) is 10.2 Å². The third-order valence-electron chi connectivity index (χ3n) is 4.86. The number of benzene rings is 1. The van der Waals surface area contributed by atoms with Crippen LogP contribution in [0.4, 0.5) is 0 Å². The average molecular weight is 367 g/mol. The van der Waals surface area contributed by atoms with Crippen molar-refractivity contribution in [1.82, 2.24) is 14.9 Å². The topological polar surface area (TPSA) is 64.0 Å². The summed E-state index contributed by atoms with van der Waals surface area (Å²) in [4.78, 5) is 31.2. The fourth-order valence-corrected chi connectivity index (χ4v) is 4.49. The first-order valence-electron chi connectivity index (χ1n) is 9.04. The number of carbonyl (C=O) groups is 1. The lowest BCUT2D eigenvalue weighted by molar-refractivity contribution is -0.122. The van der Waals surface area contributed by atoms with E-state index in [1.807, 2.05) is 36.4 Å². The van der Waals surface area contributed by atoms with E-state index in [0.717, 1.165) is 36.1 Å². The summed E-state index contributed by atoms with van der Waals surface area (Å²) in [5, 5.41) is 3.62. The van der Waals surface area contributed by atoms with Crippen molar-refractivity contribution in [3.63, 3.8) is 0 Å². The fraction of sp³-hybridized carbons (Fsp3) is 0.350. The largest absolute Gasteiger partial charge is 0.352 e. The lowest BCUT2D eigenvalue weighted by Crippen LogP contribution is -2.39. The highest BCUT2D eigenvalue weighted by atomic mass is 32.1. The molecular formula is C20H21N3O2S. The van der Waals surface area contributed by atoms with Crippen molar-refractivity contribution in [2.45, 2.75) is 44.7 Å². The molecule has 134 valence electrons. The van der Waals surface area contributed by atoms with Crippen LogP contribution in [0.25, 0.3) is 20.7 Å². The monoisotopic (exact) mass is 367 g/mol. The van der Waals surface area contributed by atoms with Crippen molar-refractivity contribution < 1.29 is 4.79 Å². The highest BCUT2D eigenvalue weighted by Crippen LogP contribution is 2.30. The zero-order valence-electron chi connectivity index (χ0n) is 14.5. The summed E-state index contributed by atoms with van der Waals surface area (Å²) in [5.74, 6) is -0.112. The minimum atomic E-state index is -0.160. The van der Waals surface area contributed by atoms with Gasteiger partial charge in [0.2, 0.25) is 5.91 Å². The lowest BCUT2D eigenvalue weighted by Gasteiger charge is -2.22. The molecule has 0 spiro atoms. The Morgan fingerprint density at radius 3 is 2.73 bits per heavy atom. The van der Waals surface area contributed by atoms with Crippen molar-refractivity contribution >= 4 is 27.5 Å². The van der Waals surface area contributed by atoms with Crippen molar-refractivity contribution in [2.24, 2.45) is 0 Å². The number of nitrogens with zero attached hydrogens (tertiary/aromatic N) is 2. The smallest absolute Gasteiger partial charge is 0.262 e. The highest BCUT2D eigenvalue weighted by molar-refractivity contribution is 7.21. The maximum absolute atomic E-state index is 12.8. The molecular weight excluding hydrogens is 346 g/mol. The Balaban J connectivity index is 1.55. The summed E-state index contributed by atoms with van der Waals surface area (Å²) in [7, 11) is 0. The first-order valence-corrected chi connectivity index (χ1v) is 9.86. The van der Waals surface area contributed by atoms with Crippen molar-refractivity contribution in [3.8, 4) is 10.4 Å². The fourth-order valence-electron chi connectivity index (χ4n) is 3.49. The Kier molecular flexibility index (Phi) is 4.84. The van der Waals surface area contributed by atoms with Crippen LogP contribution in [-0.4, -0.2) is 21.5 Å². The van der Waals surface area contributed by atoms with Crippen LogP contribution in [0.15, 0.2) is 47.5 Å². The number of rotatable bonds is 4. The number of thiophene rings is 1. The van der Waals surface area contributed by atoms with Crippen molar-refractivity contribution in [1.29, 1.82) is 0 Å². The Labute approximate surface area is 155 Å². The molecule has 3 aromatic rings. The standard InChI is InChI=1S/C20H21N3O2S/c24-18(22-15-9-5-2-6-10-15)12-23-13-21-19-16(20(23)25)11-17(26-19)14-7-3-1-4-8-14/h1,3-4,7-8,11,13,15H,2,5-6,9-10,12H2,(H,22,24). The number of hydrogen-bond donors (Lipinski definition) is 1. The van der Waals surface area contributed by atoms with Gasteiger partial charge in [0.1, 0.15) is 11.4 Å². The average Bonchev–Trinajstić information content (AvgIpc) is 3.11. The van der Waals surface area contributed by atoms with Gasteiger partial charge in [-0.3, -0.25) is 14.2 Å². The van der Waals surface area contributed by atoms with E-state index in [1.165, 1.54) is 28.7 Å². The maximum Gasteiger partial charge on any atom is 0.262 e. The summed E-state index contributed by atoms with van der Waals surface area (Å²) in [6, 6.07) is 12.1. The number of nitrogens with one attached hydrogen (secondary N) is 1. The molecule has 0 radical (unpaired) electrons. The van der Waals surface area contributed by atoms with Crippen LogP contribution in [0.2, 0.25) is 0 Å². The molecule has 1 amide bonds. The summed E-state index contributed by atoms with van der Waals surface area (Å²) >= 11 is 1.50. The number of carbonyl (C=O) groups excluding carboxylic acids is 1. The number of amides is 1. The molecule has 2 aromatic heterocycles. The summed E-state index contributed by atoms with van der Waals surface area (Å²) in [5.41, 5.74) is 0.906. The van der Waals surface area contributed by atoms with Gasteiger partial charge in [0.05, 0.1) is 11.7 Å². The van der Waals surface area contributed by atoms with Gasteiger partial charge in [-0.2, -0.15) is 0 Å². The lowest BCUT2D eigenvalue weighted by atomic mass is 9.95. The molecule has 0 saturated heterocycles. The zero-order chi connectivity index (χ0) is 17.9. The first kappa shape index (κ1) is 17.0. The highest BCUT2D eigenvalue weighted by Gasteiger charge is 2.17. The molecule has 2 heterocycles.